The molecule has 3 heterocycles. The second-order valence-corrected chi connectivity index (χ2v) is 8.66. The van der Waals surface area contributed by atoms with Crippen LogP contribution in [-0.4, -0.2) is 50.0 Å². The molecule has 2 amide bonds. The summed E-state index contributed by atoms with van der Waals surface area (Å²) in [6, 6.07) is 15.2. The molecule has 0 atom stereocenters. The van der Waals surface area contributed by atoms with Gasteiger partial charge in [0.2, 0.25) is 0 Å². The number of anilines is 2. The molecule has 2 saturated heterocycles. The van der Waals surface area contributed by atoms with Gasteiger partial charge in [0.25, 0.3) is 11.8 Å². The zero-order valence-electron chi connectivity index (χ0n) is 18.5. The Balaban J connectivity index is 1.51. The Bertz CT molecular complexity index is 1030. The Hall–Kier alpha value is -3.28. The normalized spacial score (nSPS) is 19.3. The van der Waals surface area contributed by atoms with E-state index in [0.29, 0.717) is 17.0 Å². The third-order valence-electron chi connectivity index (χ3n) is 6.69. The van der Waals surface area contributed by atoms with Gasteiger partial charge in [0.05, 0.1) is 18.4 Å². The maximum Gasteiger partial charge on any atom is 0.282 e. The summed E-state index contributed by atoms with van der Waals surface area (Å²) in [5.74, 6) is 0.242. The molecule has 3 aliphatic heterocycles. The van der Waals surface area contributed by atoms with Gasteiger partial charge in [-0.25, -0.2) is 4.90 Å². The lowest BCUT2D eigenvalue weighted by molar-refractivity contribution is -0.120. The molecule has 2 fully saturated rings. The van der Waals surface area contributed by atoms with Crippen LogP contribution < -0.4 is 14.5 Å². The second-order valence-electron chi connectivity index (χ2n) is 8.66. The van der Waals surface area contributed by atoms with Gasteiger partial charge in [-0.15, -0.1) is 0 Å². The summed E-state index contributed by atoms with van der Waals surface area (Å²) in [4.78, 5) is 33.1. The molecule has 6 heteroatoms. The van der Waals surface area contributed by atoms with E-state index in [2.05, 4.69) is 9.80 Å². The average Bonchev–Trinajstić information content (AvgIpc) is 3.46. The maximum atomic E-state index is 13.6. The highest BCUT2D eigenvalue weighted by molar-refractivity contribution is 6.45. The van der Waals surface area contributed by atoms with Crippen molar-refractivity contribution in [1.29, 1.82) is 0 Å². The molecule has 2 aromatic rings. The van der Waals surface area contributed by atoms with E-state index in [0.717, 1.165) is 62.4 Å². The SMILES string of the molecule is COc1ccc(C2=C(N3CCCCC3)C(=O)N(c3ccc(N4CCCC4)cc3)C2=O)cc1. The Morgan fingerprint density at radius 3 is 1.84 bits per heavy atom. The second kappa shape index (κ2) is 8.69. The van der Waals surface area contributed by atoms with Crippen LogP contribution in [0, 0.1) is 0 Å². The summed E-state index contributed by atoms with van der Waals surface area (Å²) >= 11 is 0. The first kappa shape index (κ1) is 20.6. The van der Waals surface area contributed by atoms with E-state index >= 15 is 0 Å². The highest BCUT2D eigenvalue weighted by Crippen LogP contribution is 2.37. The Morgan fingerprint density at radius 1 is 0.656 bits per heavy atom. The number of methoxy groups -OCH3 is 1. The predicted octanol–water partition coefficient (Wildman–Crippen LogP) is 4.07. The Labute approximate surface area is 189 Å². The standard InChI is InChI=1S/C26H29N3O3/c1-32-22-13-7-19(8-14-22)23-24(28-17-3-2-4-18-28)26(31)29(25(23)30)21-11-9-20(10-12-21)27-15-5-6-16-27/h7-14H,2-6,15-18H2,1H3. The van der Waals surface area contributed by atoms with Gasteiger partial charge in [-0.2, -0.15) is 0 Å². The van der Waals surface area contributed by atoms with E-state index in [4.69, 9.17) is 4.74 Å². The minimum atomic E-state index is -0.255. The van der Waals surface area contributed by atoms with E-state index in [1.54, 1.807) is 7.11 Å². The molecule has 0 N–H and O–H groups in total. The van der Waals surface area contributed by atoms with Crippen LogP contribution in [0.25, 0.3) is 5.57 Å². The number of hydrogen-bond donors (Lipinski definition) is 0. The summed E-state index contributed by atoms with van der Waals surface area (Å²) in [7, 11) is 1.62. The molecule has 0 bridgehead atoms. The van der Waals surface area contributed by atoms with E-state index in [1.807, 2.05) is 48.5 Å². The summed E-state index contributed by atoms with van der Waals surface area (Å²) in [6.45, 7) is 3.72. The quantitative estimate of drug-likeness (QED) is 0.668. The topological polar surface area (TPSA) is 53.1 Å². The number of nitrogens with zero attached hydrogens (tertiary/aromatic N) is 3. The van der Waals surface area contributed by atoms with Gasteiger partial charge in [-0.1, -0.05) is 12.1 Å². The van der Waals surface area contributed by atoms with Crippen LogP contribution in [0.15, 0.2) is 54.2 Å². The minimum Gasteiger partial charge on any atom is -0.497 e. The van der Waals surface area contributed by atoms with E-state index in [1.165, 1.54) is 17.7 Å². The number of carbonyl (C=O) groups is 2. The fourth-order valence-corrected chi connectivity index (χ4v) is 4.97. The molecule has 0 aliphatic carbocycles. The van der Waals surface area contributed by atoms with Crippen molar-refractivity contribution in [2.75, 3.05) is 43.1 Å². The van der Waals surface area contributed by atoms with Crippen molar-refractivity contribution in [3.63, 3.8) is 0 Å². The lowest BCUT2D eigenvalue weighted by Gasteiger charge is -2.29. The third kappa shape index (κ3) is 3.64. The monoisotopic (exact) mass is 431 g/mol. The lowest BCUT2D eigenvalue weighted by Crippen LogP contribution is -2.37. The number of piperidine rings is 1. The summed E-state index contributed by atoms with van der Waals surface area (Å²) in [5.41, 5.74) is 3.54. The van der Waals surface area contributed by atoms with Gasteiger partial charge in [0, 0.05) is 31.9 Å². The highest BCUT2D eigenvalue weighted by atomic mass is 16.5. The smallest absolute Gasteiger partial charge is 0.282 e. The Kier molecular flexibility index (Phi) is 5.60. The number of ether oxygens (including phenoxy) is 1. The molecule has 3 aliphatic rings. The van der Waals surface area contributed by atoms with Gasteiger partial charge in [-0.3, -0.25) is 9.59 Å². The van der Waals surface area contributed by atoms with Crippen LogP contribution in [0.2, 0.25) is 0 Å². The van der Waals surface area contributed by atoms with Crippen LogP contribution in [0.1, 0.15) is 37.7 Å². The van der Waals surface area contributed by atoms with Crippen molar-refractivity contribution in [1.82, 2.24) is 4.90 Å². The first-order valence-corrected chi connectivity index (χ1v) is 11.5. The molecule has 166 valence electrons. The van der Waals surface area contributed by atoms with Crippen LogP contribution in [0.3, 0.4) is 0 Å². The van der Waals surface area contributed by atoms with Gasteiger partial charge in [0.1, 0.15) is 11.4 Å². The fraction of sp³-hybridized carbons (Fsp3) is 0.385. The molecule has 32 heavy (non-hydrogen) atoms. The van der Waals surface area contributed by atoms with Crippen molar-refractivity contribution in [2.24, 2.45) is 0 Å². The molecule has 2 aromatic carbocycles. The first-order valence-electron chi connectivity index (χ1n) is 11.5. The van der Waals surface area contributed by atoms with Gasteiger partial charge < -0.3 is 14.5 Å². The predicted molar refractivity (Wildman–Crippen MR) is 126 cm³/mol. The lowest BCUT2D eigenvalue weighted by atomic mass is 10.0. The number of benzene rings is 2. The van der Waals surface area contributed by atoms with E-state index in [9.17, 15) is 9.59 Å². The van der Waals surface area contributed by atoms with Gasteiger partial charge in [-0.05, 0) is 74.1 Å². The van der Waals surface area contributed by atoms with E-state index < -0.39 is 0 Å². The molecular weight excluding hydrogens is 402 g/mol. The zero-order chi connectivity index (χ0) is 22.1. The van der Waals surface area contributed by atoms with Crippen molar-refractivity contribution < 1.29 is 14.3 Å². The number of imide groups is 1. The van der Waals surface area contributed by atoms with Crippen molar-refractivity contribution >= 4 is 28.8 Å². The number of likely N-dealkylation sites (tertiary alicyclic amines) is 1. The molecule has 6 nitrogen and oxygen atoms in total. The molecule has 0 saturated carbocycles. The largest absolute Gasteiger partial charge is 0.497 e. The summed E-state index contributed by atoms with van der Waals surface area (Å²) in [6.07, 6.45) is 5.64. The number of rotatable bonds is 5. The number of amides is 2. The van der Waals surface area contributed by atoms with Crippen molar-refractivity contribution in [3.8, 4) is 5.75 Å². The number of carbonyl (C=O) groups excluding carboxylic acids is 2. The average molecular weight is 432 g/mol. The molecular formula is C26H29N3O3. The van der Waals surface area contributed by atoms with Crippen molar-refractivity contribution in [3.05, 3.63) is 59.8 Å². The summed E-state index contributed by atoms with van der Waals surface area (Å²) in [5, 5.41) is 0. The van der Waals surface area contributed by atoms with Crippen LogP contribution in [0.5, 0.6) is 5.75 Å². The van der Waals surface area contributed by atoms with Gasteiger partial charge in [0.15, 0.2) is 0 Å². The zero-order valence-corrected chi connectivity index (χ0v) is 18.5. The van der Waals surface area contributed by atoms with Crippen LogP contribution in [-0.2, 0) is 9.59 Å². The van der Waals surface area contributed by atoms with Crippen molar-refractivity contribution in [2.45, 2.75) is 32.1 Å². The molecule has 0 unspecified atom stereocenters. The third-order valence-corrected chi connectivity index (χ3v) is 6.69. The first-order chi connectivity index (χ1) is 15.7. The molecule has 0 spiro atoms. The molecule has 0 aromatic heterocycles. The van der Waals surface area contributed by atoms with Gasteiger partial charge >= 0.3 is 0 Å². The van der Waals surface area contributed by atoms with Crippen LogP contribution >= 0.6 is 0 Å². The minimum absolute atomic E-state index is 0.225. The molecule has 5 rings (SSSR count). The Morgan fingerprint density at radius 2 is 1.22 bits per heavy atom. The van der Waals surface area contributed by atoms with E-state index in [-0.39, 0.29) is 11.8 Å². The summed E-state index contributed by atoms with van der Waals surface area (Å²) < 4.78 is 5.27. The molecule has 0 radical (unpaired) electrons. The highest BCUT2D eigenvalue weighted by Gasteiger charge is 2.42. The van der Waals surface area contributed by atoms with Crippen LogP contribution in [0.4, 0.5) is 11.4 Å². The number of hydrogen-bond acceptors (Lipinski definition) is 5. The fourth-order valence-electron chi connectivity index (χ4n) is 4.97. The maximum absolute atomic E-state index is 13.6.